The molecule has 2 fully saturated rings. The first-order valence-electron chi connectivity index (χ1n) is 8.22. The van der Waals surface area contributed by atoms with Crippen molar-refractivity contribution in [2.45, 2.75) is 37.5 Å². The van der Waals surface area contributed by atoms with Crippen LogP contribution in [0.2, 0.25) is 0 Å². The number of nitrogens with zero attached hydrogens (tertiary/aromatic N) is 4. The minimum Gasteiger partial charge on any atom is -0.373 e. The van der Waals surface area contributed by atoms with Gasteiger partial charge in [0.25, 0.3) is 0 Å². The average Bonchev–Trinajstić information content (AvgIpc) is 3.26. The van der Waals surface area contributed by atoms with Gasteiger partial charge < -0.3 is 10.1 Å². The Morgan fingerprint density at radius 3 is 3.00 bits per heavy atom. The molecule has 23 heavy (non-hydrogen) atoms. The molecular weight excluding hydrogens is 310 g/mol. The van der Waals surface area contributed by atoms with E-state index in [0.29, 0.717) is 6.04 Å². The van der Waals surface area contributed by atoms with Crippen LogP contribution in [0.1, 0.15) is 25.0 Å². The lowest BCUT2D eigenvalue weighted by atomic mass is 9.87. The van der Waals surface area contributed by atoms with Gasteiger partial charge in [0.2, 0.25) is 0 Å². The van der Waals surface area contributed by atoms with Crippen LogP contribution < -0.4 is 5.32 Å². The van der Waals surface area contributed by atoms with E-state index in [2.05, 4.69) is 26.4 Å². The maximum atomic E-state index is 6.21. The number of aryl methyl sites for hydroxylation is 1. The number of ether oxygens (including phenoxy) is 1. The van der Waals surface area contributed by atoms with E-state index in [1.165, 1.54) is 0 Å². The van der Waals surface area contributed by atoms with E-state index in [1.54, 1.807) is 11.3 Å². The maximum absolute atomic E-state index is 6.21. The molecule has 0 aliphatic carbocycles. The van der Waals surface area contributed by atoms with Crippen molar-refractivity contribution in [3.05, 3.63) is 29.5 Å². The van der Waals surface area contributed by atoms with E-state index in [-0.39, 0.29) is 5.60 Å². The zero-order chi connectivity index (χ0) is 15.7. The highest BCUT2D eigenvalue weighted by Gasteiger charge is 2.42. The van der Waals surface area contributed by atoms with Gasteiger partial charge in [-0.3, -0.25) is 9.58 Å². The molecule has 1 spiro atoms. The molecule has 4 heterocycles. The normalized spacial score (nSPS) is 24.3. The summed E-state index contributed by atoms with van der Waals surface area (Å²) < 4.78 is 8.08. The molecule has 1 N–H and O–H groups in total. The molecule has 0 bridgehead atoms. The van der Waals surface area contributed by atoms with Gasteiger partial charge in [0.1, 0.15) is 0 Å². The van der Waals surface area contributed by atoms with Crippen LogP contribution in [0.15, 0.2) is 23.8 Å². The number of aromatic nitrogens is 3. The second kappa shape index (κ2) is 6.22. The molecule has 0 unspecified atom stereocenters. The van der Waals surface area contributed by atoms with Crippen LogP contribution in [0.25, 0.3) is 0 Å². The molecule has 2 aromatic heterocycles. The van der Waals surface area contributed by atoms with Crippen LogP contribution in [-0.4, -0.2) is 51.0 Å². The van der Waals surface area contributed by atoms with Crippen molar-refractivity contribution in [1.29, 1.82) is 0 Å². The van der Waals surface area contributed by atoms with Crippen LogP contribution in [0, 0.1) is 0 Å². The second-order valence-corrected chi connectivity index (χ2v) is 7.53. The summed E-state index contributed by atoms with van der Waals surface area (Å²) in [5.74, 6) is 0. The first-order chi connectivity index (χ1) is 11.2. The molecule has 2 aliphatic heterocycles. The Balaban J connectivity index is 1.29. The third kappa shape index (κ3) is 3.41. The quantitative estimate of drug-likeness (QED) is 0.929. The summed E-state index contributed by atoms with van der Waals surface area (Å²) in [7, 11) is 1.97. The van der Waals surface area contributed by atoms with Crippen LogP contribution >= 0.6 is 11.3 Å². The number of rotatable bonds is 4. The molecule has 0 saturated carbocycles. The number of anilines is 1. The molecule has 4 rings (SSSR count). The molecule has 0 radical (unpaired) electrons. The van der Waals surface area contributed by atoms with Gasteiger partial charge in [-0.15, -0.1) is 11.3 Å². The van der Waals surface area contributed by atoms with Crippen molar-refractivity contribution in [2.24, 2.45) is 7.05 Å². The largest absolute Gasteiger partial charge is 0.373 e. The molecule has 7 heteroatoms. The molecular formula is C16H23N5OS. The minimum absolute atomic E-state index is 0.0650. The number of nitrogens with one attached hydrogen (secondary N) is 1. The molecule has 2 aliphatic rings. The smallest absolute Gasteiger partial charge is 0.182 e. The molecule has 0 aromatic carbocycles. The third-order valence-corrected chi connectivity index (χ3v) is 5.60. The Hall–Kier alpha value is -1.44. The number of hydrogen-bond acceptors (Lipinski definition) is 6. The van der Waals surface area contributed by atoms with E-state index in [0.717, 1.165) is 56.3 Å². The zero-order valence-corrected chi connectivity index (χ0v) is 14.3. The highest BCUT2D eigenvalue weighted by molar-refractivity contribution is 7.13. The summed E-state index contributed by atoms with van der Waals surface area (Å²) in [6, 6.07) is 2.49. The third-order valence-electron chi connectivity index (χ3n) is 4.89. The maximum Gasteiger partial charge on any atom is 0.182 e. The van der Waals surface area contributed by atoms with Gasteiger partial charge in [-0.1, -0.05) is 0 Å². The van der Waals surface area contributed by atoms with Crippen molar-refractivity contribution < 1.29 is 4.74 Å². The van der Waals surface area contributed by atoms with Crippen molar-refractivity contribution in [3.63, 3.8) is 0 Å². The Bertz CT molecular complexity index is 633. The highest BCUT2D eigenvalue weighted by atomic mass is 32.1. The predicted molar refractivity (Wildman–Crippen MR) is 90.5 cm³/mol. The Morgan fingerprint density at radius 1 is 1.43 bits per heavy atom. The van der Waals surface area contributed by atoms with Crippen LogP contribution in [0.4, 0.5) is 5.13 Å². The van der Waals surface area contributed by atoms with Crippen LogP contribution in [0.3, 0.4) is 0 Å². The Morgan fingerprint density at radius 2 is 2.30 bits per heavy atom. The predicted octanol–water partition coefficient (Wildman–Crippen LogP) is 2.11. The minimum atomic E-state index is 0.0650. The standard InChI is InChI=1S/C16H23N5OS/c1-20-6-2-13(19-20)11-21-7-3-16(4-8-21)10-14(12-22-16)18-15-17-5-9-23-15/h2,5-6,9,14H,3-4,7-8,10-12H2,1H3,(H,17,18)/t14-/m0/s1. The fourth-order valence-corrected chi connectivity index (χ4v) is 4.26. The number of likely N-dealkylation sites (tertiary alicyclic amines) is 1. The van der Waals surface area contributed by atoms with E-state index in [4.69, 9.17) is 4.74 Å². The molecule has 2 aromatic rings. The summed E-state index contributed by atoms with van der Waals surface area (Å²) in [5, 5.41) is 11.0. The van der Waals surface area contributed by atoms with Gasteiger partial charge in [-0.2, -0.15) is 5.10 Å². The summed E-state index contributed by atoms with van der Waals surface area (Å²) in [5.41, 5.74) is 1.22. The van der Waals surface area contributed by atoms with Gasteiger partial charge in [0, 0.05) is 44.5 Å². The summed E-state index contributed by atoms with van der Waals surface area (Å²) in [6.45, 7) is 3.90. The summed E-state index contributed by atoms with van der Waals surface area (Å²) >= 11 is 1.65. The number of hydrogen-bond donors (Lipinski definition) is 1. The van der Waals surface area contributed by atoms with E-state index < -0.39 is 0 Å². The van der Waals surface area contributed by atoms with Crippen molar-refractivity contribution in [2.75, 3.05) is 25.0 Å². The second-order valence-electron chi connectivity index (χ2n) is 6.63. The van der Waals surface area contributed by atoms with E-state index >= 15 is 0 Å². The van der Waals surface area contributed by atoms with Crippen LogP contribution in [-0.2, 0) is 18.3 Å². The van der Waals surface area contributed by atoms with Crippen molar-refractivity contribution >= 4 is 16.5 Å². The van der Waals surface area contributed by atoms with Crippen molar-refractivity contribution in [1.82, 2.24) is 19.7 Å². The fraction of sp³-hybridized carbons (Fsp3) is 0.625. The topological polar surface area (TPSA) is 55.2 Å². The first-order valence-corrected chi connectivity index (χ1v) is 9.10. The first kappa shape index (κ1) is 15.1. The number of piperidine rings is 1. The van der Waals surface area contributed by atoms with Gasteiger partial charge in [0.05, 0.1) is 23.9 Å². The van der Waals surface area contributed by atoms with Crippen molar-refractivity contribution in [3.8, 4) is 0 Å². The average molecular weight is 333 g/mol. The molecule has 6 nitrogen and oxygen atoms in total. The van der Waals surface area contributed by atoms with E-state index in [1.807, 2.05) is 29.5 Å². The van der Waals surface area contributed by atoms with Gasteiger partial charge in [0.15, 0.2) is 5.13 Å². The molecule has 0 amide bonds. The lowest BCUT2D eigenvalue weighted by Gasteiger charge is -2.38. The van der Waals surface area contributed by atoms with Crippen LogP contribution in [0.5, 0.6) is 0 Å². The zero-order valence-electron chi connectivity index (χ0n) is 13.4. The lowest BCUT2D eigenvalue weighted by molar-refractivity contribution is -0.0450. The molecule has 124 valence electrons. The summed E-state index contributed by atoms with van der Waals surface area (Å²) in [6.07, 6.45) is 7.15. The fourth-order valence-electron chi connectivity index (χ4n) is 3.65. The molecule has 2 saturated heterocycles. The monoisotopic (exact) mass is 333 g/mol. The summed E-state index contributed by atoms with van der Waals surface area (Å²) in [4.78, 5) is 6.79. The lowest BCUT2D eigenvalue weighted by Crippen LogP contribution is -2.44. The van der Waals surface area contributed by atoms with Gasteiger partial charge in [-0.05, 0) is 25.3 Å². The Labute approximate surface area is 140 Å². The van der Waals surface area contributed by atoms with E-state index in [9.17, 15) is 0 Å². The van der Waals surface area contributed by atoms with Gasteiger partial charge >= 0.3 is 0 Å². The molecule has 1 atom stereocenters. The highest BCUT2D eigenvalue weighted by Crippen LogP contribution is 2.37. The SMILES string of the molecule is Cn1ccc(CN2CCC3(CC2)C[C@H](Nc2nccs2)CO3)n1. The number of thiazole rings is 1. The van der Waals surface area contributed by atoms with Gasteiger partial charge in [-0.25, -0.2) is 4.98 Å². The Kier molecular flexibility index (Phi) is 4.09.